The molecule has 1 aliphatic heterocycles. The Morgan fingerprint density at radius 3 is 1.87 bits per heavy atom. The summed E-state index contributed by atoms with van der Waals surface area (Å²) in [5.41, 5.74) is -0.999. The Kier molecular flexibility index (Phi) is 12.9. The van der Waals surface area contributed by atoms with Gasteiger partial charge in [-0.3, -0.25) is 10.1 Å². The highest BCUT2D eigenvalue weighted by Crippen LogP contribution is 2.42. The highest BCUT2D eigenvalue weighted by atomic mass is 16.7. The van der Waals surface area contributed by atoms with E-state index in [-0.39, 0.29) is 12.4 Å². The summed E-state index contributed by atoms with van der Waals surface area (Å²) in [6.45, 7) is 11.8. The molecule has 1 aromatic rings. The van der Waals surface area contributed by atoms with Crippen LogP contribution in [0.5, 0.6) is 0 Å². The van der Waals surface area contributed by atoms with Gasteiger partial charge < -0.3 is 38.1 Å². The zero-order chi connectivity index (χ0) is 34.2. The molecule has 45 heavy (non-hydrogen) atoms. The number of carbonyl (C=O) groups excluding carboxylic acids is 3. The molecule has 13 nitrogen and oxygen atoms in total. The lowest BCUT2D eigenvalue weighted by Gasteiger charge is -2.43. The molecule has 3 atom stereocenters. The number of amides is 2. The van der Waals surface area contributed by atoms with Gasteiger partial charge in [-0.25, -0.2) is 9.59 Å². The van der Waals surface area contributed by atoms with Crippen LogP contribution in [0.15, 0.2) is 35.3 Å². The fourth-order valence-electron chi connectivity index (χ4n) is 5.48. The van der Waals surface area contributed by atoms with E-state index in [0.717, 1.165) is 5.56 Å². The number of methoxy groups -OCH3 is 5. The summed E-state index contributed by atoms with van der Waals surface area (Å²) in [5, 5.41) is 2.65. The number of hydrogen-bond donors (Lipinski definition) is 1. The largest absolute Gasteiger partial charge is 0.469 e. The molecular formula is C32H51N3O10. The standard InChI is InChI=1S/C32H51N3O10/c1-29(2,3)44-27(37)33-26(34-28(38)45-30(4,5)6)35-22(20-32(42-11,43-12)21-16-14-13-15-17-21)18-19-23(35)24(25(36)39-8)31(7,40-9)41-10/h13-17,22-24H,18-20H2,1-12H3,(H,33,34,37,38). The predicted octanol–water partition coefficient (Wildman–Crippen LogP) is 4.97. The first-order valence-corrected chi connectivity index (χ1v) is 14.8. The Balaban J connectivity index is 2.82. The van der Waals surface area contributed by atoms with Crippen LogP contribution in [-0.2, 0) is 43.7 Å². The first kappa shape index (κ1) is 37.9. The van der Waals surface area contributed by atoms with Crippen molar-refractivity contribution in [2.75, 3.05) is 35.5 Å². The quantitative estimate of drug-likeness (QED) is 0.122. The minimum absolute atomic E-state index is 0.191. The summed E-state index contributed by atoms with van der Waals surface area (Å²) in [6, 6.07) is 8.09. The number of aliphatic imine (C=N–C) groups is 1. The number of alkyl carbamates (subject to hydrolysis) is 1. The lowest BCUT2D eigenvalue weighted by Crippen LogP contribution is -2.59. The third kappa shape index (κ3) is 9.86. The normalized spacial score (nSPS) is 18.8. The molecule has 1 heterocycles. The van der Waals surface area contributed by atoms with Gasteiger partial charge in [0.05, 0.1) is 13.2 Å². The second kappa shape index (κ2) is 15.4. The molecule has 1 aromatic carbocycles. The van der Waals surface area contributed by atoms with Crippen LogP contribution in [0.25, 0.3) is 0 Å². The zero-order valence-corrected chi connectivity index (χ0v) is 28.7. The molecule has 2 amide bonds. The highest BCUT2D eigenvalue weighted by molar-refractivity contribution is 5.99. The van der Waals surface area contributed by atoms with Gasteiger partial charge in [-0.05, 0) is 61.3 Å². The van der Waals surface area contributed by atoms with Crippen molar-refractivity contribution < 1.29 is 47.5 Å². The molecule has 1 aliphatic rings. The molecule has 0 aliphatic carbocycles. The smallest absolute Gasteiger partial charge is 0.437 e. The maximum absolute atomic E-state index is 13.5. The van der Waals surface area contributed by atoms with Gasteiger partial charge in [0.1, 0.15) is 17.1 Å². The summed E-state index contributed by atoms with van der Waals surface area (Å²) < 4.78 is 39.7. The van der Waals surface area contributed by atoms with E-state index in [9.17, 15) is 14.4 Å². The Labute approximate surface area is 266 Å². The van der Waals surface area contributed by atoms with E-state index < -0.39 is 58.9 Å². The highest BCUT2D eigenvalue weighted by Gasteiger charge is 2.54. The van der Waals surface area contributed by atoms with Crippen LogP contribution >= 0.6 is 0 Å². The monoisotopic (exact) mass is 637 g/mol. The number of nitrogens with one attached hydrogen (secondary N) is 1. The molecule has 1 N–H and O–H groups in total. The van der Waals surface area contributed by atoms with Gasteiger partial charge in [-0.1, -0.05) is 30.3 Å². The predicted molar refractivity (Wildman–Crippen MR) is 166 cm³/mol. The summed E-state index contributed by atoms with van der Waals surface area (Å²) in [6.07, 6.45) is -0.769. The van der Waals surface area contributed by atoms with E-state index in [1.54, 1.807) is 53.4 Å². The molecule has 13 heteroatoms. The molecule has 1 fully saturated rings. The van der Waals surface area contributed by atoms with Crippen LogP contribution in [0.1, 0.15) is 73.3 Å². The van der Waals surface area contributed by atoms with Gasteiger partial charge >= 0.3 is 18.2 Å². The first-order valence-electron chi connectivity index (χ1n) is 14.8. The average Bonchev–Trinajstić information content (AvgIpc) is 3.36. The molecule has 0 spiro atoms. The minimum atomic E-state index is -1.47. The third-order valence-electron chi connectivity index (χ3n) is 7.59. The van der Waals surface area contributed by atoms with Crippen LogP contribution in [0.2, 0.25) is 0 Å². The average molecular weight is 638 g/mol. The summed E-state index contributed by atoms with van der Waals surface area (Å²) in [4.78, 5) is 45.8. The van der Waals surface area contributed by atoms with E-state index in [4.69, 9.17) is 33.2 Å². The number of ether oxygens (including phenoxy) is 7. The van der Waals surface area contributed by atoms with Crippen molar-refractivity contribution in [1.82, 2.24) is 10.2 Å². The van der Waals surface area contributed by atoms with Gasteiger partial charge in [0, 0.05) is 46.5 Å². The Hall–Kier alpha value is -3.26. The van der Waals surface area contributed by atoms with Gasteiger partial charge in [-0.15, -0.1) is 4.99 Å². The molecule has 0 bridgehead atoms. The molecule has 0 aromatic heterocycles. The summed E-state index contributed by atoms with van der Waals surface area (Å²) >= 11 is 0. The molecule has 254 valence electrons. The fourth-order valence-corrected chi connectivity index (χ4v) is 5.48. The van der Waals surface area contributed by atoms with Gasteiger partial charge in [0.15, 0.2) is 11.6 Å². The maximum atomic E-state index is 13.5. The van der Waals surface area contributed by atoms with Crippen molar-refractivity contribution in [3.63, 3.8) is 0 Å². The van der Waals surface area contributed by atoms with Crippen molar-refractivity contribution >= 4 is 24.1 Å². The number of nitrogens with zero attached hydrogens (tertiary/aromatic N) is 2. The van der Waals surface area contributed by atoms with Crippen molar-refractivity contribution in [3.8, 4) is 0 Å². The number of carbonyl (C=O) groups is 3. The third-order valence-corrected chi connectivity index (χ3v) is 7.59. The molecular weight excluding hydrogens is 586 g/mol. The molecule has 2 rings (SSSR count). The van der Waals surface area contributed by atoms with E-state index in [1.807, 2.05) is 30.3 Å². The second-order valence-corrected chi connectivity index (χ2v) is 12.9. The van der Waals surface area contributed by atoms with E-state index in [1.165, 1.54) is 35.5 Å². The number of esters is 1. The van der Waals surface area contributed by atoms with Crippen LogP contribution in [-0.4, -0.2) is 93.6 Å². The molecule has 1 saturated heterocycles. The Bertz CT molecular complexity index is 1170. The van der Waals surface area contributed by atoms with Crippen LogP contribution in [0, 0.1) is 5.92 Å². The van der Waals surface area contributed by atoms with Crippen LogP contribution in [0.3, 0.4) is 0 Å². The Morgan fingerprint density at radius 1 is 0.844 bits per heavy atom. The van der Waals surface area contributed by atoms with E-state index in [2.05, 4.69) is 10.3 Å². The number of guanidine groups is 1. The number of rotatable bonds is 10. The summed E-state index contributed by atoms with van der Waals surface area (Å²) in [5.74, 6) is -4.59. The Morgan fingerprint density at radius 2 is 1.40 bits per heavy atom. The first-order chi connectivity index (χ1) is 20.9. The second-order valence-electron chi connectivity index (χ2n) is 12.9. The van der Waals surface area contributed by atoms with E-state index in [0.29, 0.717) is 12.8 Å². The van der Waals surface area contributed by atoms with Crippen molar-refractivity contribution in [2.45, 2.75) is 103 Å². The SMILES string of the molecule is COC(=O)C(C1CCC(CC(OC)(OC)c2ccccc2)N1/C(=N/C(=O)OC(C)(C)C)NC(=O)OC(C)(C)C)C(C)(OC)OC. The van der Waals surface area contributed by atoms with Crippen LogP contribution < -0.4 is 5.32 Å². The minimum Gasteiger partial charge on any atom is -0.469 e. The number of benzene rings is 1. The van der Waals surface area contributed by atoms with E-state index >= 15 is 0 Å². The van der Waals surface area contributed by atoms with Gasteiger partial charge in [0.25, 0.3) is 0 Å². The van der Waals surface area contributed by atoms with Crippen molar-refractivity contribution in [1.29, 1.82) is 0 Å². The molecule has 0 radical (unpaired) electrons. The van der Waals surface area contributed by atoms with Gasteiger partial charge in [0.2, 0.25) is 5.96 Å². The number of hydrogen-bond acceptors (Lipinski definition) is 10. The van der Waals surface area contributed by atoms with Gasteiger partial charge in [-0.2, -0.15) is 0 Å². The lowest BCUT2D eigenvalue weighted by atomic mass is 9.89. The fraction of sp³-hybridized carbons (Fsp3) is 0.688. The zero-order valence-electron chi connectivity index (χ0n) is 28.7. The molecule has 3 unspecified atom stereocenters. The topological polar surface area (TPSA) is 143 Å². The lowest BCUT2D eigenvalue weighted by molar-refractivity contribution is -0.241. The maximum Gasteiger partial charge on any atom is 0.437 e. The summed E-state index contributed by atoms with van der Waals surface area (Å²) in [7, 11) is 7.17. The number of likely N-dealkylation sites (tertiary alicyclic amines) is 1. The van der Waals surface area contributed by atoms with Crippen molar-refractivity contribution in [3.05, 3.63) is 35.9 Å². The van der Waals surface area contributed by atoms with Crippen molar-refractivity contribution in [2.24, 2.45) is 10.9 Å². The molecule has 0 saturated carbocycles. The van der Waals surface area contributed by atoms with Crippen LogP contribution in [0.4, 0.5) is 9.59 Å².